The van der Waals surface area contributed by atoms with Gasteiger partial charge in [-0.1, -0.05) is 25.1 Å². The lowest BCUT2D eigenvalue weighted by molar-refractivity contribution is -0.128. The summed E-state index contributed by atoms with van der Waals surface area (Å²) in [6.45, 7) is 8.85. The minimum absolute atomic E-state index is 0.0678. The summed E-state index contributed by atoms with van der Waals surface area (Å²) in [5.74, 6) is 0.687. The number of aryl methyl sites for hydroxylation is 2. The molecule has 0 spiro atoms. The van der Waals surface area contributed by atoms with Crippen molar-refractivity contribution in [1.29, 1.82) is 0 Å². The molecule has 1 atom stereocenters. The van der Waals surface area contributed by atoms with Gasteiger partial charge in [-0.3, -0.25) is 4.79 Å². The number of piperidine rings is 1. The van der Waals surface area contributed by atoms with Gasteiger partial charge >= 0.3 is 0 Å². The third-order valence-corrected chi connectivity index (χ3v) is 5.26. The van der Waals surface area contributed by atoms with Gasteiger partial charge in [0.25, 0.3) is 5.91 Å². The van der Waals surface area contributed by atoms with Gasteiger partial charge in [0.15, 0.2) is 6.10 Å². The molecule has 4 nitrogen and oxygen atoms in total. The first kappa shape index (κ1) is 20.2. The number of anilines is 1. The van der Waals surface area contributed by atoms with Crippen molar-refractivity contribution in [2.45, 2.75) is 59.1 Å². The topological polar surface area (TPSA) is 41.6 Å². The molecule has 1 unspecified atom stereocenters. The zero-order valence-electron chi connectivity index (χ0n) is 17.3. The maximum absolute atomic E-state index is 12.6. The molecule has 0 saturated carbocycles. The first-order valence-electron chi connectivity index (χ1n) is 10.4. The molecule has 4 heteroatoms. The van der Waals surface area contributed by atoms with E-state index in [1.54, 1.807) is 0 Å². The van der Waals surface area contributed by atoms with Crippen molar-refractivity contribution >= 4 is 11.6 Å². The van der Waals surface area contributed by atoms with Gasteiger partial charge in [-0.25, -0.2) is 0 Å². The standard InChI is InChI=1S/C24H32N2O2/c1-4-23(28-22-15-18(2)14-19(3)16-22)24(27)25-17-20-8-10-21(11-9-20)26-12-6-5-7-13-26/h8-11,14-16,23H,4-7,12-13,17H2,1-3H3,(H,25,27). The normalized spacial score (nSPS) is 15.2. The lowest BCUT2D eigenvalue weighted by Crippen LogP contribution is -2.37. The molecule has 1 aliphatic rings. The van der Waals surface area contributed by atoms with Gasteiger partial charge in [0.2, 0.25) is 0 Å². The number of ether oxygens (including phenoxy) is 1. The molecule has 3 rings (SSSR count). The number of nitrogens with zero attached hydrogens (tertiary/aromatic N) is 1. The molecule has 1 aliphatic heterocycles. The van der Waals surface area contributed by atoms with E-state index in [2.05, 4.69) is 40.5 Å². The number of rotatable bonds is 7. The van der Waals surface area contributed by atoms with E-state index >= 15 is 0 Å². The van der Waals surface area contributed by atoms with Crippen LogP contribution in [0, 0.1) is 13.8 Å². The average Bonchev–Trinajstić information content (AvgIpc) is 2.70. The quantitative estimate of drug-likeness (QED) is 0.752. The molecule has 0 aliphatic carbocycles. The number of nitrogens with one attached hydrogen (secondary N) is 1. The first-order valence-corrected chi connectivity index (χ1v) is 10.4. The first-order chi connectivity index (χ1) is 13.5. The fourth-order valence-electron chi connectivity index (χ4n) is 3.77. The Morgan fingerprint density at radius 1 is 1.04 bits per heavy atom. The van der Waals surface area contributed by atoms with Gasteiger partial charge in [-0.05, 0) is 80.5 Å². The highest BCUT2D eigenvalue weighted by Gasteiger charge is 2.18. The van der Waals surface area contributed by atoms with Crippen LogP contribution in [0.5, 0.6) is 5.75 Å². The summed E-state index contributed by atoms with van der Waals surface area (Å²) < 4.78 is 5.96. The Morgan fingerprint density at radius 3 is 2.29 bits per heavy atom. The van der Waals surface area contributed by atoms with Gasteiger partial charge in [0.05, 0.1) is 0 Å². The van der Waals surface area contributed by atoms with Crippen molar-refractivity contribution in [3.63, 3.8) is 0 Å². The molecule has 28 heavy (non-hydrogen) atoms. The fourth-order valence-corrected chi connectivity index (χ4v) is 3.77. The SMILES string of the molecule is CCC(Oc1cc(C)cc(C)c1)C(=O)NCc1ccc(N2CCCCC2)cc1. The molecule has 1 fully saturated rings. The second-order valence-electron chi connectivity index (χ2n) is 7.77. The largest absolute Gasteiger partial charge is 0.481 e. The maximum atomic E-state index is 12.6. The number of amides is 1. The van der Waals surface area contributed by atoms with Crippen LogP contribution in [0.3, 0.4) is 0 Å². The Labute approximate surface area is 168 Å². The lowest BCUT2D eigenvalue weighted by Gasteiger charge is -2.28. The Bertz CT molecular complexity index is 759. The van der Waals surface area contributed by atoms with Crippen LogP contribution in [-0.4, -0.2) is 25.1 Å². The van der Waals surface area contributed by atoms with Crippen LogP contribution in [0.1, 0.15) is 49.3 Å². The summed E-state index contributed by atoms with van der Waals surface area (Å²) >= 11 is 0. The molecule has 1 heterocycles. The fraction of sp³-hybridized carbons (Fsp3) is 0.458. The van der Waals surface area contributed by atoms with Crippen LogP contribution in [0.2, 0.25) is 0 Å². The van der Waals surface area contributed by atoms with Gasteiger partial charge in [0, 0.05) is 25.3 Å². The van der Waals surface area contributed by atoms with Gasteiger partial charge in [-0.15, -0.1) is 0 Å². The summed E-state index contributed by atoms with van der Waals surface area (Å²) in [4.78, 5) is 15.0. The van der Waals surface area contributed by atoms with Crippen molar-refractivity contribution in [2.75, 3.05) is 18.0 Å². The van der Waals surface area contributed by atoms with E-state index < -0.39 is 6.10 Å². The van der Waals surface area contributed by atoms with Gasteiger partial charge in [-0.2, -0.15) is 0 Å². The maximum Gasteiger partial charge on any atom is 0.261 e. The van der Waals surface area contributed by atoms with E-state index in [0.29, 0.717) is 13.0 Å². The predicted octanol–water partition coefficient (Wildman–Crippen LogP) is 4.77. The number of hydrogen-bond donors (Lipinski definition) is 1. The number of hydrogen-bond acceptors (Lipinski definition) is 3. The molecule has 0 radical (unpaired) electrons. The Kier molecular flexibility index (Phi) is 6.96. The van der Waals surface area contributed by atoms with E-state index in [-0.39, 0.29) is 5.91 Å². The van der Waals surface area contributed by atoms with Gasteiger partial charge in [0.1, 0.15) is 5.75 Å². The summed E-state index contributed by atoms with van der Waals surface area (Å²) in [6, 6.07) is 14.6. The lowest BCUT2D eigenvalue weighted by atomic mass is 10.1. The molecule has 2 aromatic carbocycles. The van der Waals surface area contributed by atoms with E-state index in [1.165, 1.54) is 24.9 Å². The molecule has 1 saturated heterocycles. The van der Waals surface area contributed by atoms with Gasteiger partial charge < -0.3 is 15.0 Å². The van der Waals surface area contributed by atoms with E-state index in [4.69, 9.17) is 4.74 Å². The Morgan fingerprint density at radius 2 is 1.68 bits per heavy atom. The highest BCUT2D eigenvalue weighted by atomic mass is 16.5. The van der Waals surface area contributed by atoms with Crippen LogP contribution >= 0.6 is 0 Å². The summed E-state index contributed by atoms with van der Waals surface area (Å²) in [5.41, 5.74) is 4.66. The summed E-state index contributed by atoms with van der Waals surface area (Å²) in [7, 11) is 0. The molecule has 0 bridgehead atoms. The highest BCUT2D eigenvalue weighted by molar-refractivity contribution is 5.81. The summed E-state index contributed by atoms with van der Waals surface area (Å²) in [5, 5.41) is 3.02. The minimum atomic E-state index is -0.478. The minimum Gasteiger partial charge on any atom is -0.481 e. The van der Waals surface area contributed by atoms with E-state index in [9.17, 15) is 4.79 Å². The molecule has 1 amide bonds. The van der Waals surface area contributed by atoms with Crippen molar-refractivity contribution in [1.82, 2.24) is 5.32 Å². The second-order valence-corrected chi connectivity index (χ2v) is 7.77. The van der Waals surface area contributed by atoms with Crippen LogP contribution in [0.25, 0.3) is 0 Å². The van der Waals surface area contributed by atoms with Crippen molar-refractivity contribution in [2.24, 2.45) is 0 Å². The predicted molar refractivity (Wildman–Crippen MR) is 115 cm³/mol. The van der Waals surface area contributed by atoms with Crippen molar-refractivity contribution in [3.8, 4) is 5.75 Å². The van der Waals surface area contributed by atoms with Crippen LogP contribution < -0.4 is 15.0 Å². The molecule has 0 aromatic heterocycles. The third kappa shape index (κ3) is 5.51. The van der Waals surface area contributed by atoms with Crippen LogP contribution in [-0.2, 0) is 11.3 Å². The Hall–Kier alpha value is -2.49. The third-order valence-electron chi connectivity index (χ3n) is 5.26. The monoisotopic (exact) mass is 380 g/mol. The second kappa shape index (κ2) is 9.63. The van der Waals surface area contributed by atoms with Crippen molar-refractivity contribution < 1.29 is 9.53 Å². The highest BCUT2D eigenvalue weighted by Crippen LogP contribution is 2.21. The molecular weight excluding hydrogens is 348 g/mol. The average molecular weight is 381 g/mol. The smallest absolute Gasteiger partial charge is 0.261 e. The molecule has 1 N–H and O–H groups in total. The zero-order valence-corrected chi connectivity index (χ0v) is 17.3. The number of carbonyl (C=O) groups excluding carboxylic acids is 1. The number of carbonyl (C=O) groups is 1. The molecular formula is C24H32N2O2. The van der Waals surface area contributed by atoms with E-state index in [1.807, 2.05) is 32.9 Å². The van der Waals surface area contributed by atoms with E-state index in [0.717, 1.165) is 35.5 Å². The Balaban J connectivity index is 1.54. The molecule has 2 aromatic rings. The van der Waals surface area contributed by atoms with Crippen LogP contribution in [0.15, 0.2) is 42.5 Å². The summed E-state index contributed by atoms with van der Waals surface area (Å²) in [6.07, 6.45) is 4.04. The van der Waals surface area contributed by atoms with Crippen LogP contribution in [0.4, 0.5) is 5.69 Å². The molecule has 150 valence electrons. The zero-order chi connectivity index (χ0) is 19.9. The number of benzene rings is 2. The van der Waals surface area contributed by atoms with Crippen molar-refractivity contribution in [3.05, 3.63) is 59.2 Å².